The average Bonchev–Trinajstić information content (AvgIpc) is 2.49. The molecule has 6 heteroatoms. The number of aliphatic hydroxyl groups excluding tert-OH is 1. The van der Waals surface area contributed by atoms with Crippen LogP contribution in [0.1, 0.15) is 57.6 Å². The van der Waals surface area contributed by atoms with Gasteiger partial charge in [-0.15, -0.1) is 0 Å². The van der Waals surface area contributed by atoms with Crippen LogP contribution in [0.3, 0.4) is 0 Å². The molecule has 0 unspecified atom stereocenters. The molecule has 0 amide bonds. The Bertz CT molecular complexity index is 609. The molecule has 0 aliphatic carbocycles. The Kier molecular flexibility index (Phi) is 4.78. The van der Waals surface area contributed by atoms with Crippen molar-refractivity contribution in [2.24, 2.45) is 0 Å². The number of ether oxygens (including phenoxy) is 1. The van der Waals surface area contributed by atoms with E-state index in [4.69, 9.17) is 4.74 Å². The van der Waals surface area contributed by atoms with Crippen molar-refractivity contribution in [3.05, 3.63) is 33.9 Å². The second-order valence-electron chi connectivity index (χ2n) is 7.38. The summed E-state index contributed by atoms with van der Waals surface area (Å²) in [5.74, 6) is 0.642. The lowest BCUT2D eigenvalue weighted by molar-refractivity contribution is -0.385. The molecule has 24 heavy (non-hydrogen) atoms. The van der Waals surface area contributed by atoms with Gasteiger partial charge in [0.15, 0.2) is 0 Å². The zero-order chi connectivity index (χ0) is 17.3. The fourth-order valence-corrected chi connectivity index (χ4v) is 3.81. The van der Waals surface area contributed by atoms with E-state index in [9.17, 15) is 15.2 Å². The average molecular weight is 334 g/mol. The fraction of sp³-hybridized carbons (Fsp3) is 0.667. The topological polar surface area (TPSA) is 75.8 Å². The first-order chi connectivity index (χ1) is 11.4. The lowest BCUT2D eigenvalue weighted by Gasteiger charge is -2.46. The Balaban J connectivity index is 2.01. The molecule has 1 N–H and O–H groups in total. The van der Waals surface area contributed by atoms with Crippen molar-refractivity contribution in [1.82, 2.24) is 4.90 Å². The predicted molar refractivity (Wildman–Crippen MR) is 91.2 cm³/mol. The van der Waals surface area contributed by atoms with Gasteiger partial charge >= 0.3 is 0 Å². The van der Waals surface area contributed by atoms with Crippen molar-refractivity contribution in [2.45, 2.75) is 63.7 Å². The molecule has 2 atom stereocenters. The zero-order valence-electron chi connectivity index (χ0n) is 14.4. The van der Waals surface area contributed by atoms with E-state index in [1.165, 1.54) is 25.3 Å². The van der Waals surface area contributed by atoms with Crippen LogP contribution in [-0.4, -0.2) is 39.7 Å². The summed E-state index contributed by atoms with van der Waals surface area (Å²) in [7, 11) is 0. The van der Waals surface area contributed by atoms with Gasteiger partial charge in [-0.2, -0.15) is 0 Å². The number of aliphatic hydroxyl groups is 1. The number of nitro groups is 1. The lowest BCUT2D eigenvalue weighted by atomic mass is 9.85. The van der Waals surface area contributed by atoms with E-state index in [2.05, 4.69) is 4.90 Å². The van der Waals surface area contributed by atoms with Crippen LogP contribution in [0.15, 0.2) is 18.2 Å². The van der Waals surface area contributed by atoms with Crippen LogP contribution >= 0.6 is 0 Å². The second-order valence-corrected chi connectivity index (χ2v) is 7.38. The molecule has 2 heterocycles. The molecule has 1 saturated heterocycles. The van der Waals surface area contributed by atoms with Gasteiger partial charge in [-0.25, -0.2) is 0 Å². The van der Waals surface area contributed by atoms with Crippen molar-refractivity contribution in [1.29, 1.82) is 0 Å². The van der Waals surface area contributed by atoms with E-state index in [1.54, 1.807) is 12.1 Å². The summed E-state index contributed by atoms with van der Waals surface area (Å²) in [5, 5.41) is 22.1. The fourth-order valence-electron chi connectivity index (χ4n) is 3.81. The number of nitrogens with zero attached hydrogens (tertiary/aromatic N) is 2. The van der Waals surface area contributed by atoms with E-state index in [0.717, 1.165) is 31.5 Å². The highest BCUT2D eigenvalue weighted by atomic mass is 16.6. The summed E-state index contributed by atoms with van der Waals surface area (Å²) in [4.78, 5) is 13.1. The van der Waals surface area contributed by atoms with Gasteiger partial charge in [0.2, 0.25) is 0 Å². The van der Waals surface area contributed by atoms with Crippen LogP contribution in [0, 0.1) is 10.1 Å². The molecular weight excluding hydrogens is 308 g/mol. The van der Waals surface area contributed by atoms with Crippen molar-refractivity contribution < 1.29 is 14.8 Å². The van der Waals surface area contributed by atoms with Crippen molar-refractivity contribution in [3.63, 3.8) is 0 Å². The smallest absolute Gasteiger partial charge is 0.270 e. The first-order valence-electron chi connectivity index (χ1n) is 8.79. The van der Waals surface area contributed by atoms with Gasteiger partial charge in [0.25, 0.3) is 5.69 Å². The summed E-state index contributed by atoms with van der Waals surface area (Å²) < 4.78 is 5.94. The standard InChI is InChI=1S/C18H26N2O4/c1-18(2)17(21)16(19-10-6-4-3-5-7-11-19)14-12-13(20(22)23)8-9-15(14)24-18/h8-9,12,16-17,21H,3-7,10-11H2,1-2H3/t16-,17+/m0/s1. The minimum atomic E-state index is -0.730. The number of non-ortho nitro benzene ring substituents is 1. The summed E-state index contributed by atoms with van der Waals surface area (Å²) in [6.07, 6.45) is 5.11. The van der Waals surface area contributed by atoms with Crippen LogP contribution in [0.4, 0.5) is 5.69 Å². The molecular formula is C18H26N2O4. The molecule has 0 saturated carbocycles. The number of likely N-dealkylation sites (tertiary alicyclic amines) is 1. The van der Waals surface area contributed by atoms with E-state index >= 15 is 0 Å². The van der Waals surface area contributed by atoms with Crippen LogP contribution in [0.5, 0.6) is 5.75 Å². The minimum Gasteiger partial charge on any atom is -0.485 e. The van der Waals surface area contributed by atoms with Crippen LogP contribution in [0.25, 0.3) is 0 Å². The maximum absolute atomic E-state index is 11.2. The number of nitro benzene ring substituents is 1. The van der Waals surface area contributed by atoms with Crippen molar-refractivity contribution in [2.75, 3.05) is 13.1 Å². The Morgan fingerprint density at radius 3 is 2.46 bits per heavy atom. The summed E-state index contributed by atoms with van der Waals surface area (Å²) in [5.41, 5.74) is 0.0498. The molecule has 6 nitrogen and oxygen atoms in total. The Labute approximate surface area is 142 Å². The third-order valence-corrected chi connectivity index (χ3v) is 5.19. The lowest BCUT2D eigenvalue weighted by Crippen LogP contribution is -2.54. The van der Waals surface area contributed by atoms with Gasteiger partial charge in [-0.05, 0) is 45.8 Å². The molecule has 1 fully saturated rings. The first-order valence-corrected chi connectivity index (χ1v) is 8.79. The van der Waals surface area contributed by atoms with Crippen LogP contribution in [-0.2, 0) is 0 Å². The highest BCUT2D eigenvalue weighted by Gasteiger charge is 2.45. The van der Waals surface area contributed by atoms with Crippen molar-refractivity contribution in [3.8, 4) is 5.75 Å². The predicted octanol–water partition coefficient (Wildman–Crippen LogP) is 3.43. The molecule has 132 valence electrons. The maximum atomic E-state index is 11.2. The zero-order valence-corrected chi connectivity index (χ0v) is 14.4. The molecule has 1 aromatic carbocycles. The summed E-state index contributed by atoms with van der Waals surface area (Å²) >= 11 is 0. The molecule has 0 bridgehead atoms. The number of fused-ring (bicyclic) bond motifs is 1. The highest BCUT2D eigenvalue weighted by molar-refractivity contribution is 5.48. The summed E-state index contributed by atoms with van der Waals surface area (Å²) in [6, 6.07) is 4.44. The van der Waals surface area contributed by atoms with Gasteiger partial charge in [0, 0.05) is 17.7 Å². The SMILES string of the molecule is CC1(C)Oc2ccc([N+](=O)[O-])cc2[C@H](N2CCCCCCC2)[C@H]1O. The van der Waals surface area contributed by atoms with E-state index < -0.39 is 16.6 Å². The number of hydrogen-bond acceptors (Lipinski definition) is 5. The molecule has 1 aromatic rings. The highest BCUT2D eigenvalue weighted by Crippen LogP contribution is 2.44. The molecule has 0 aromatic heterocycles. The minimum absolute atomic E-state index is 0.0429. The number of rotatable bonds is 2. The molecule has 2 aliphatic heterocycles. The summed E-state index contributed by atoms with van der Waals surface area (Å²) in [6.45, 7) is 5.55. The van der Waals surface area contributed by atoms with Gasteiger partial charge in [0.05, 0.1) is 11.0 Å². The monoisotopic (exact) mass is 334 g/mol. The Morgan fingerprint density at radius 1 is 1.21 bits per heavy atom. The Hall–Kier alpha value is -1.66. The van der Waals surface area contributed by atoms with Gasteiger partial charge < -0.3 is 9.84 Å². The van der Waals surface area contributed by atoms with Gasteiger partial charge in [-0.1, -0.05) is 19.3 Å². The third-order valence-electron chi connectivity index (χ3n) is 5.19. The largest absolute Gasteiger partial charge is 0.485 e. The quantitative estimate of drug-likeness (QED) is 0.662. The van der Waals surface area contributed by atoms with E-state index in [-0.39, 0.29) is 11.7 Å². The maximum Gasteiger partial charge on any atom is 0.270 e. The molecule has 0 radical (unpaired) electrons. The van der Waals surface area contributed by atoms with Crippen LogP contribution < -0.4 is 4.74 Å². The molecule has 0 spiro atoms. The van der Waals surface area contributed by atoms with Gasteiger partial charge in [0.1, 0.15) is 17.5 Å². The second kappa shape index (κ2) is 6.69. The van der Waals surface area contributed by atoms with Gasteiger partial charge in [-0.3, -0.25) is 15.0 Å². The normalized spacial score (nSPS) is 27.5. The first kappa shape index (κ1) is 17.2. The number of hydrogen-bond donors (Lipinski definition) is 1. The molecule has 3 rings (SSSR count). The Morgan fingerprint density at radius 2 is 1.83 bits per heavy atom. The van der Waals surface area contributed by atoms with E-state index in [1.807, 2.05) is 13.8 Å². The number of benzene rings is 1. The molecule has 2 aliphatic rings. The van der Waals surface area contributed by atoms with E-state index in [0.29, 0.717) is 5.75 Å². The third kappa shape index (κ3) is 3.26. The van der Waals surface area contributed by atoms with Crippen molar-refractivity contribution >= 4 is 5.69 Å². The van der Waals surface area contributed by atoms with Crippen LogP contribution in [0.2, 0.25) is 0 Å².